The van der Waals surface area contributed by atoms with Gasteiger partial charge in [-0.1, -0.05) is 12.8 Å². The molecule has 2 aromatic rings. The number of carboxylic acids is 1. The Morgan fingerprint density at radius 2 is 1.87 bits per heavy atom. The Balaban J connectivity index is 0.000000463. The topological polar surface area (TPSA) is 94.3 Å². The van der Waals surface area contributed by atoms with Crippen molar-refractivity contribution in [3.63, 3.8) is 0 Å². The van der Waals surface area contributed by atoms with Crippen molar-refractivity contribution >= 4 is 16.9 Å². The van der Waals surface area contributed by atoms with E-state index in [0.717, 1.165) is 42.4 Å². The third-order valence-electron chi connectivity index (χ3n) is 3.57. The monoisotopic (exact) mass is 323 g/mol. The highest BCUT2D eigenvalue weighted by molar-refractivity contribution is 5.83. The van der Waals surface area contributed by atoms with Crippen LogP contribution in [0.4, 0.5) is 4.39 Å². The summed E-state index contributed by atoms with van der Waals surface area (Å²) in [5.74, 6) is -1.13. The highest BCUT2D eigenvalue weighted by Gasteiger charge is 2.06. The van der Waals surface area contributed by atoms with E-state index in [1.165, 1.54) is 18.9 Å². The minimum Gasteiger partial charge on any atom is -0.480 e. The molecule has 0 unspecified atom stereocenters. The van der Waals surface area contributed by atoms with Crippen LogP contribution in [-0.2, 0) is 11.3 Å². The summed E-state index contributed by atoms with van der Waals surface area (Å²) in [5, 5.41) is 8.62. The molecule has 128 valence electrons. The van der Waals surface area contributed by atoms with Crippen molar-refractivity contribution in [3.05, 3.63) is 35.8 Å². The van der Waals surface area contributed by atoms with Crippen LogP contribution in [0, 0.1) is 12.7 Å². The van der Waals surface area contributed by atoms with Gasteiger partial charge in [0.15, 0.2) is 0 Å². The molecule has 1 heterocycles. The fraction of sp³-hybridized carbons (Fsp3) is 0.471. The molecule has 1 aromatic carbocycles. The number of hydrogen-bond donors (Lipinski definition) is 3. The maximum absolute atomic E-state index is 13.2. The molecule has 0 aliphatic heterocycles. The lowest BCUT2D eigenvalue weighted by Gasteiger charge is -2.05. The van der Waals surface area contributed by atoms with E-state index in [4.69, 9.17) is 10.8 Å². The van der Waals surface area contributed by atoms with Crippen molar-refractivity contribution in [1.82, 2.24) is 4.57 Å². The smallest absolute Gasteiger partial charge is 0.317 e. The van der Waals surface area contributed by atoms with E-state index in [0.29, 0.717) is 0 Å². The van der Waals surface area contributed by atoms with Gasteiger partial charge < -0.3 is 21.1 Å². The number of aryl methyl sites for hydroxylation is 2. The van der Waals surface area contributed by atoms with Crippen molar-refractivity contribution in [3.8, 4) is 0 Å². The summed E-state index contributed by atoms with van der Waals surface area (Å²) in [6, 6.07) is 5.03. The Morgan fingerprint density at radius 3 is 2.48 bits per heavy atom. The van der Waals surface area contributed by atoms with Gasteiger partial charge >= 0.3 is 5.97 Å². The number of fused-ring (bicyclic) bond motifs is 1. The summed E-state index contributed by atoms with van der Waals surface area (Å²) in [4.78, 5) is 9.24. The zero-order valence-electron chi connectivity index (χ0n) is 13.6. The highest BCUT2D eigenvalue weighted by atomic mass is 19.1. The summed E-state index contributed by atoms with van der Waals surface area (Å²) in [7, 11) is 0. The standard InChI is InChI=1S/C15H21FN2.C2H5NO2/c1-12-11-18(9-5-3-2-4-8-17)15-7-6-13(16)10-14(12)15;3-1-2(4)5/h6-7,10-11H,2-5,8-9,17H2,1H3;1,3H2,(H,4,5). The third-order valence-corrected chi connectivity index (χ3v) is 3.57. The van der Waals surface area contributed by atoms with Crippen molar-refractivity contribution in [2.24, 2.45) is 11.5 Å². The maximum atomic E-state index is 13.2. The first-order valence-electron chi connectivity index (χ1n) is 7.86. The summed E-state index contributed by atoms with van der Waals surface area (Å²) in [6.45, 7) is 3.54. The predicted molar refractivity (Wildman–Crippen MR) is 90.8 cm³/mol. The van der Waals surface area contributed by atoms with Crippen LogP contribution >= 0.6 is 0 Å². The number of hydrogen-bond acceptors (Lipinski definition) is 3. The number of carboxylic acid groups (broad SMARTS) is 1. The van der Waals surface area contributed by atoms with E-state index in [1.807, 2.05) is 13.0 Å². The van der Waals surface area contributed by atoms with E-state index in [1.54, 1.807) is 6.07 Å². The van der Waals surface area contributed by atoms with Crippen LogP contribution < -0.4 is 11.5 Å². The Morgan fingerprint density at radius 1 is 1.22 bits per heavy atom. The van der Waals surface area contributed by atoms with E-state index < -0.39 is 5.97 Å². The molecule has 0 saturated carbocycles. The number of nitrogens with zero attached hydrogens (tertiary/aromatic N) is 1. The minimum atomic E-state index is -0.968. The molecule has 0 spiro atoms. The molecule has 1 aromatic heterocycles. The van der Waals surface area contributed by atoms with Crippen LogP contribution in [0.15, 0.2) is 24.4 Å². The second-order valence-corrected chi connectivity index (χ2v) is 5.47. The Labute approximate surface area is 136 Å². The average Bonchev–Trinajstić information content (AvgIpc) is 2.83. The fourth-order valence-electron chi connectivity index (χ4n) is 2.41. The van der Waals surface area contributed by atoms with Crippen molar-refractivity contribution < 1.29 is 14.3 Å². The van der Waals surface area contributed by atoms with Gasteiger partial charge in [0.2, 0.25) is 0 Å². The van der Waals surface area contributed by atoms with Gasteiger partial charge in [-0.2, -0.15) is 0 Å². The summed E-state index contributed by atoms with van der Waals surface area (Å²) < 4.78 is 15.4. The largest absolute Gasteiger partial charge is 0.480 e. The van der Waals surface area contributed by atoms with Crippen LogP contribution in [0.3, 0.4) is 0 Å². The second kappa shape index (κ2) is 9.97. The number of halogens is 1. The first kappa shape index (κ1) is 19.1. The van der Waals surface area contributed by atoms with Gasteiger partial charge in [-0.05, 0) is 50.1 Å². The van der Waals surface area contributed by atoms with Crippen molar-refractivity contribution in [2.45, 2.75) is 39.2 Å². The molecule has 0 fully saturated rings. The van der Waals surface area contributed by atoms with Gasteiger partial charge in [-0.3, -0.25) is 4.79 Å². The number of rotatable bonds is 7. The quantitative estimate of drug-likeness (QED) is 0.683. The molecule has 0 bridgehead atoms. The molecule has 6 heteroatoms. The van der Waals surface area contributed by atoms with Crippen molar-refractivity contribution in [1.29, 1.82) is 0 Å². The lowest BCUT2D eigenvalue weighted by atomic mass is 10.2. The second-order valence-electron chi connectivity index (χ2n) is 5.47. The van der Waals surface area contributed by atoms with Crippen molar-refractivity contribution in [2.75, 3.05) is 13.1 Å². The number of aliphatic carboxylic acids is 1. The SMILES string of the molecule is Cc1cn(CCCCCCN)c2ccc(F)cc12.NCC(=O)O. The molecule has 2 rings (SSSR count). The van der Waals surface area contributed by atoms with Gasteiger partial charge in [-0.15, -0.1) is 0 Å². The van der Waals surface area contributed by atoms with Crippen LogP contribution in [0.1, 0.15) is 31.2 Å². The van der Waals surface area contributed by atoms with E-state index in [-0.39, 0.29) is 12.4 Å². The summed E-state index contributed by atoms with van der Waals surface area (Å²) in [6.07, 6.45) is 6.78. The molecule has 0 saturated heterocycles. The predicted octanol–water partition coefficient (Wildman–Crippen LogP) is 2.64. The number of benzene rings is 1. The zero-order valence-corrected chi connectivity index (χ0v) is 13.6. The van der Waals surface area contributed by atoms with Gasteiger partial charge in [0.25, 0.3) is 0 Å². The molecule has 0 atom stereocenters. The summed E-state index contributed by atoms with van der Waals surface area (Å²) in [5.41, 5.74) is 12.3. The lowest BCUT2D eigenvalue weighted by molar-refractivity contribution is -0.135. The van der Waals surface area contributed by atoms with Crippen LogP contribution in [0.25, 0.3) is 10.9 Å². The molecular weight excluding hydrogens is 297 g/mol. The first-order valence-corrected chi connectivity index (χ1v) is 7.86. The van der Waals surface area contributed by atoms with Gasteiger partial charge in [0.05, 0.1) is 6.54 Å². The fourth-order valence-corrected chi connectivity index (χ4v) is 2.41. The number of carbonyl (C=O) groups is 1. The van der Waals surface area contributed by atoms with Crippen LogP contribution in [0.5, 0.6) is 0 Å². The van der Waals surface area contributed by atoms with Gasteiger partial charge in [0, 0.05) is 23.6 Å². The van der Waals surface area contributed by atoms with Crippen LogP contribution in [-0.4, -0.2) is 28.7 Å². The molecule has 0 aliphatic rings. The summed E-state index contributed by atoms with van der Waals surface area (Å²) >= 11 is 0. The first-order chi connectivity index (χ1) is 11.0. The molecule has 0 amide bonds. The van der Waals surface area contributed by atoms with Gasteiger partial charge in [-0.25, -0.2) is 4.39 Å². The lowest BCUT2D eigenvalue weighted by Crippen LogP contribution is -2.10. The minimum absolute atomic E-state index is 0.161. The average molecular weight is 323 g/mol. The molecule has 0 aliphatic carbocycles. The number of nitrogens with two attached hydrogens (primary N) is 2. The molecular formula is C17H26FN3O2. The van der Waals surface area contributed by atoms with E-state index >= 15 is 0 Å². The normalized spacial score (nSPS) is 10.4. The Bertz CT molecular complexity index is 626. The Hall–Kier alpha value is -1.92. The zero-order chi connectivity index (χ0) is 17.2. The molecule has 5 N–H and O–H groups in total. The molecule has 0 radical (unpaired) electrons. The van der Waals surface area contributed by atoms with Crippen LogP contribution in [0.2, 0.25) is 0 Å². The maximum Gasteiger partial charge on any atom is 0.317 e. The van der Waals surface area contributed by atoms with Gasteiger partial charge in [0.1, 0.15) is 5.82 Å². The Kier molecular flexibility index (Phi) is 8.29. The number of aromatic nitrogens is 1. The van der Waals surface area contributed by atoms with E-state index in [9.17, 15) is 9.18 Å². The number of unbranched alkanes of at least 4 members (excludes halogenated alkanes) is 3. The third kappa shape index (κ3) is 6.38. The molecule has 23 heavy (non-hydrogen) atoms. The van der Waals surface area contributed by atoms with E-state index in [2.05, 4.69) is 16.5 Å². The highest BCUT2D eigenvalue weighted by Crippen LogP contribution is 2.22. The molecule has 5 nitrogen and oxygen atoms in total.